The first-order valence-electron chi connectivity index (χ1n) is 4.65. The summed E-state index contributed by atoms with van der Waals surface area (Å²) in [4.78, 5) is 19.1. The summed E-state index contributed by atoms with van der Waals surface area (Å²) in [6.45, 7) is 1.81. The smallest absolute Gasteiger partial charge is 0.153 e. The molecule has 1 aromatic carbocycles. The second-order valence-corrected chi connectivity index (χ2v) is 3.21. The van der Waals surface area contributed by atoms with E-state index in [2.05, 4.69) is 9.97 Å². The minimum Gasteiger partial charge on any atom is -0.298 e. The zero-order chi connectivity index (χ0) is 10.7. The Labute approximate surface area is 87.8 Å². The summed E-state index contributed by atoms with van der Waals surface area (Å²) >= 11 is 0. The summed E-state index contributed by atoms with van der Waals surface area (Å²) < 4.78 is 0. The molecule has 0 saturated heterocycles. The zero-order valence-electron chi connectivity index (χ0n) is 8.34. The summed E-state index contributed by atoms with van der Waals surface area (Å²) in [6.07, 6.45) is 2.33. The minimum absolute atomic E-state index is 0.520. The van der Waals surface area contributed by atoms with E-state index in [-0.39, 0.29) is 0 Å². The molecule has 1 heterocycles. The van der Waals surface area contributed by atoms with Crippen molar-refractivity contribution in [1.29, 1.82) is 0 Å². The average Bonchev–Trinajstić information content (AvgIpc) is 2.30. The van der Waals surface area contributed by atoms with Crippen LogP contribution in [0.4, 0.5) is 0 Å². The first kappa shape index (κ1) is 9.52. The Morgan fingerprint density at radius 2 is 1.93 bits per heavy atom. The number of carbonyl (C=O) groups excluding carboxylic acids is 1. The van der Waals surface area contributed by atoms with E-state index in [4.69, 9.17) is 0 Å². The molecular formula is C12H10N2O. The Bertz CT molecular complexity index is 480. The van der Waals surface area contributed by atoms with Crippen molar-refractivity contribution in [3.05, 3.63) is 47.9 Å². The lowest BCUT2D eigenvalue weighted by molar-refractivity contribution is 0.112. The maximum atomic E-state index is 10.8. The lowest BCUT2D eigenvalue weighted by atomic mass is 10.1. The Balaban J connectivity index is 2.61. The predicted octanol–water partition coefficient (Wildman–Crippen LogP) is 2.26. The van der Waals surface area contributed by atoms with Gasteiger partial charge in [0.2, 0.25) is 0 Å². The predicted molar refractivity (Wildman–Crippen MR) is 57.6 cm³/mol. The van der Waals surface area contributed by atoms with Crippen LogP contribution in [0.5, 0.6) is 0 Å². The van der Waals surface area contributed by atoms with Gasteiger partial charge in [0.25, 0.3) is 0 Å². The van der Waals surface area contributed by atoms with Gasteiger partial charge in [-0.05, 0) is 6.92 Å². The van der Waals surface area contributed by atoms with Crippen molar-refractivity contribution in [3.8, 4) is 11.3 Å². The highest BCUT2D eigenvalue weighted by atomic mass is 16.1. The molecule has 0 unspecified atom stereocenters. The van der Waals surface area contributed by atoms with Crippen LogP contribution < -0.4 is 0 Å². The van der Waals surface area contributed by atoms with Crippen molar-refractivity contribution >= 4 is 6.29 Å². The number of benzene rings is 1. The number of aldehydes is 1. The normalized spacial score (nSPS) is 9.93. The molecule has 74 valence electrons. The number of aryl methyl sites for hydroxylation is 1. The molecule has 2 aromatic rings. The molecule has 15 heavy (non-hydrogen) atoms. The first-order chi connectivity index (χ1) is 7.31. The van der Waals surface area contributed by atoms with Crippen LogP contribution in [-0.2, 0) is 0 Å². The number of hydrogen-bond donors (Lipinski definition) is 0. The topological polar surface area (TPSA) is 42.9 Å². The molecule has 0 radical (unpaired) electrons. The largest absolute Gasteiger partial charge is 0.298 e. The third-order valence-corrected chi connectivity index (χ3v) is 2.11. The van der Waals surface area contributed by atoms with Gasteiger partial charge in [0.1, 0.15) is 5.82 Å². The van der Waals surface area contributed by atoms with Gasteiger partial charge < -0.3 is 0 Å². The number of rotatable bonds is 2. The molecule has 0 aliphatic rings. The van der Waals surface area contributed by atoms with E-state index in [0.717, 1.165) is 11.8 Å². The molecular weight excluding hydrogens is 188 g/mol. The molecule has 2 rings (SSSR count). The van der Waals surface area contributed by atoms with Crippen LogP contribution in [0.2, 0.25) is 0 Å². The molecule has 0 saturated carbocycles. The summed E-state index contributed by atoms with van der Waals surface area (Å²) in [5, 5.41) is 0. The van der Waals surface area contributed by atoms with Crippen LogP contribution in [0, 0.1) is 6.92 Å². The van der Waals surface area contributed by atoms with Gasteiger partial charge in [-0.15, -0.1) is 0 Å². The summed E-state index contributed by atoms with van der Waals surface area (Å²) in [7, 11) is 0. The van der Waals surface area contributed by atoms with E-state index >= 15 is 0 Å². The van der Waals surface area contributed by atoms with Crippen molar-refractivity contribution in [1.82, 2.24) is 9.97 Å². The molecule has 0 aliphatic carbocycles. The van der Waals surface area contributed by atoms with E-state index in [1.165, 1.54) is 0 Å². The van der Waals surface area contributed by atoms with Crippen molar-refractivity contribution < 1.29 is 4.79 Å². The number of nitrogens with zero attached hydrogens (tertiary/aromatic N) is 2. The highest BCUT2D eigenvalue weighted by Crippen LogP contribution is 2.19. The first-order valence-corrected chi connectivity index (χ1v) is 4.65. The third kappa shape index (κ3) is 1.91. The molecule has 3 nitrogen and oxygen atoms in total. The van der Waals surface area contributed by atoms with Crippen LogP contribution in [0.3, 0.4) is 0 Å². The number of hydrogen-bond acceptors (Lipinski definition) is 3. The van der Waals surface area contributed by atoms with Gasteiger partial charge in [-0.1, -0.05) is 30.3 Å². The fourth-order valence-corrected chi connectivity index (χ4v) is 1.39. The Kier molecular flexibility index (Phi) is 2.54. The Morgan fingerprint density at radius 1 is 1.20 bits per heavy atom. The van der Waals surface area contributed by atoms with Gasteiger partial charge in [0, 0.05) is 11.8 Å². The second kappa shape index (κ2) is 4.00. The summed E-state index contributed by atoms with van der Waals surface area (Å²) in [6, 6.07) is 9.62. The molecule has 0 spiro atoms. The lowest BCUT2D eigenvalue weighted by Crippen LogP contribution is -1.96. The van der Waals surface area contributed by atoms with Crippen molar-refractivity contribution in [2.24, 2.45) is 0 Å². The Hall–Kier alpha value is -2.03. The van der Waals surface area contributed by atoms with Gasteiger partial charge in [-0.3, -0.25) is 4.79 Å². The van der Waals surface area contributed by atoms with Gasteiger partial charge in [0.15, 0.2) is 6.29 Å². The molecule has 0 atom stereocenters. The maximum absolute atomic E-state index is 10.8. The quantitative estimate of drug-likeness (QED) is 0.695. The monoisotopic (exact) mass is 198 g/mol. The van der Waals surface area contributed by atoms with E-state index in [1.807, 2.05) is 30.3 Å². The SMILES string of the molecule is Cc1ncc(C=O)c(-c2ccccc2)n1. The van der Waals surface area contributed by atoms with Gasteiger partial charge >= 0.3 is 0 Å². The summed E-state index contributed by atoms with van der Waals surface area (Å²) in [5.74, 6) is 0.666. The highest BCUT2D eigenvalue weighted by Gasteiger charge is 2.06. The Morgan fingerprint density at radius 3 is 2.60 bits per heavy atom. The fraction of sp³-hybridized carbons (Fsp3) is 0.0833. The molecule has 1 aromatic heterocycles. The van der Waals surface area contributed by atoms with E-state index in [9.17, 15) is 4.79 Å². The van der Waals surface area contributed by atoms with E-state index < -0.39 is 0 Å². The zero-order valence-corrected chi connectivity index (χ0v) is 8.34. The van der Waals surface area contributed by atoms with Crippen molar-refractivity contribution in [2.75, 3.05) is 0 Å². The van der Waals surface area contributed by atoms with Gasteiger partial charge in [-0.25, -0.2) is 9.97 Å². The van der Waals surface area contributed by atoms with E-state index in [1.54, 1.807) is 13.1 Å². The molecule has 0 N–H and O–H groups in total. The maximum Gasteiger partial charge on any atom is 0.153 e. The van der Waals surface area contributed by atoms with E-state index in [0.29, 0.717) is 17.1 Å². The van der Waals surface area contributed by atoms with Crippen LogP contribution in [0.1, 0.15) is 16.2 Å². The second-order valence-electron chi connectivity index (χ2n) is 3.21. The molecule has 0 fully saturated rings. The highest BCUT2D eigenvalue weighted by molar-refractivity contribution is 5.85. The van der Waals surface area contributed by atoms with Gasteiger partial charge in [-0.2, -0.15) is 0 Å². The van der Waals surface area contributed by atoms with Crippen molar-refractivity contribution in [3.63, 3.8) is 0 Å². The van der Waals surface area contributed by atoms with Crippen LogP contribution >= 0.6 is 0 Å². The fourth-order valence-electron chi connectivity index (χ4n) is 1.39. The molecule has 0 aliphatic heterocycles. The lowest BCUT2D eigenvalue weighted by Gasteiger charge is -2.03. The van der Waals surface area contributed by atoms with Crippen LogP contribution in [-0.4, -0.2) is 16.3 Å². The molecule has 3 heteroatoms. The van der Waals surface area contributed by atoms with Crippen LogP contribution in [0.25, 0.3) is 11.3 Å². The molecule has 0 amide bonds. The standard InChI is InChI=1S/C12H10N2O/c1-9-13-7-11(8-15)12(14-9)10-5-3-2-4-6-10/h2-8H,1H3. The van der Waals surface area contributed by atoms with Crippen LogP contribution in [0.15, 0.2) is 36.5 Å². The minimum atomic E-state index is 0.520. The number of aromatic nitrogens is 2. The van der Waals surface area contributed by atoms with Crippen molar-refractivity contribution in [2.45, 2.75) is 6.92 Å². The summed E-state index contributed by atoms with van der Waals surface area (Å²) in [5.41, 5.74) is 2.15. The third-order valence-electron chi connectivity index (χ3n) is 2.11. The van der Waals surface area contributed by atoms with Gasteiger partial charge in [0.05, 0.1) is 11.3 Å². The molecule has 0 bridgehead atoms. The number of carbonyl (C=O) groups is 1. The average molecular weight is 198 g/mol.